The van der Waals surface area contributed by atoms with Gasteiger partial charge in [0.15, 0.2) is 17.3 Å². The number of allylic oxidation sites excluding steroid dienone is 1. The van der Waals surface area contributed by atoms with Crippen LogP contribution in [0.1, 0.15) is 105 Å². The van der Waals surface area contributed by atoms with Crippen LogP contribution >= 0.6 is 21.6 Å². The lowest BCUT2D eigenvalue weighted by molar-refractivity contribution is -0.124. The molecule has 10 heteroatoms. The van der Waals surface area contributed by atoms with Gasteiger partial charge in [0.05, 0.1) is 31.0 Å². The van der Waals surface area contributed by atoms with Crippen LogP contribution in [0.3, 0.4) is 0 Å². The summed E-state index contributed by atoms with van der Waals surface area (Å²) in [4.78, 5) is 33.0. The van der Waals surface area contributed by atoms with Gasteiger partial charge in [-0.25, -0.2) is 4.98 Å². The molecule has 1 aromatic heterocycles. The number of aromatic nitrogens is 1. The summed E-state index contributed by atoms with van der Waals surface area (Å²) in [7, 11) is 5.32. The number of phenols is 1. The highest BCUT2D eigenvalue weighted by molar-refractivity contribution is 8.76. The number of carbonyl (C=O) groups excluding carboxylic acids is 2. The first-order chi connectivity index (χ1) is 22.7. The quantitative estimate of drug-likeness (QED) is 0.221. The maximum atomic E-state index is 12.9. The number of ketones is 2. The van der Waals surface area contributed by atoms with E-state index < -0.39 is 0 Å². The molecular weight excluding hydrogens is 629 g/mol. The fourth-order valence-electron chi connectivity index (χ4n) is 8.22. The van der Waals surface area contributed by atoms with Crippen LogP contribution < -0.4 is 15.8 Å². The van der Waals surface area contributed by atoms with Gasteiger partial charge in [0.1, 0.15) is 11.6 Å². The summed E-state index contributed by atoms with van der Waals surface area (Å²) in [6.07, 6.45) is 20.5. The van der Waals surface area contributed by atoms with E-state index in [1.807, 2.05) is 27.8 Å². The van der Waals surface area contributed by atoms with E-state index >= 15 is 0 Å². The number of anilines is 1. The monoisotopic (exact) mass is 676 g/mol. The number of carbonyl (C=O) groups is 2. The summed E-state index contributed by atoms with van der Waals surface area (Å²) in [6.45, 7) is 2.97. The molecule has 1 aromatic carbocycles. The minimum atomic E-state index is -0.223. The van der Waals surface area contributed by atoms with E-state index in [1.54, 1.807) is 18.2 Å². The predicted molar refractivity (Wildman–Crippen MR) is 192 cm³/mol. The number of hydrogen-bond donors (Lipinski definition) is 3. The zero-order chi connectivity index (χ0) is 33.0. The van der Waals surface area contributed by atoms with Crippen LogP contribution in [0.2, 0.25) is 0 Å². The largest absolute Gasteiger partial charge is 0.504 e. The Kier molecular flexibility index (Phi) is 10.5. The highest BCUT2D eigenvalue weighted by Crippen LogP contribution is 2.63. The molecular formula is C37H48N4O4S2. The lowest BCUT2D eigenvalue weighted by atomic mass is 9.79. The van der Waals surface area contributed by atoms with Gasteiger partial charge in [0, 0.05) is 36.3 Å². The molecule has 6 rings (SSSR count). The Labute approximate surface area is 286 Å². The van der Waals surface area contributed by atoms with Crippen LogP contribution in [-0.4, -0.2) is 51.6 Å². The van der Waals surface area contributed by atoms with Crippen molar-refractivity contribution in [2.24, 2.45) is 11.3 Å². The van der Waals surface area contributed by atoms with Gasteiger partial charge < -0.3 is 25.8 Å². The van der Waals surface area contributed by atoms with E-state index in [9.17, 15) is 14.7 Å². The van der Waals surface area contributed by atoms with E-state index in [4.69, 9.17) is 15.5 Å². The van der Waals surface area contributed by atoms with Crippen LogP contribution in [0, 0.1) is 11.3 Å². The Hall–Kier alpha value is -3.11. The fourth-order valence-corrected chi connectivity index (χ4v) is 11.9. The maximum Gasteiger partial charge on any atom is 0.163 e. The number of Topliss-reactive ketones (excluding diaryl/α,β-unsaturated/α-hetero) is 1. The van der Waals surface area contributed by atoms with E-state index in [-0.39, 0.29) is 34.5 Å². The number of benzene rings is 1. The molecule has 47 heavy (non-hydrogen) atoms. The summed E-state index contributed by atoms with van der Waals surface area (Å²) in [5.41, 5.74) is 10.7. The molecule has 2 aliphatic carbocycles. The molecule has 2 saturated carbocycles. The van der Waals surface area contributed by atoms with E-state index in [1.165, 1.54) is 45.3 Å². The van der Waals surface area contributed by atoms with Crippen LogP contribution in [0.15, 0.2) is 42.9 Å². The second-order valence-electron chi connectivity index (χ2n) is 13.9. The average Bonchev–Trinajstić information content (AvgIpc) is 3.84. The van der Waals surface area contributed by atoms with Crippen molar-refractivity contribution in [3.05, 3.63) is 65.1 Å². The molecule has 0 saturated heterocycles. The number of pyridine rings is 1. The number of nitrogen functional groups attached to an aromatic ring is 1. The Balaban J connectivity index is 1.44. The van der Waals surface area contributed by atoms with Crippen molar-refractivity contribution in [2.75, 3.05) is 25.3 Å². The number of rotatable bonds is 4. The lowest BCUT2D eigenvalue weighted by Crippen LogP contribution is -2.49. The molecule has 0 radical (unpaired) electrons. The van der Waals surface area contributed by atoms with Crippen molar-refractivity contribution < 1.29 is 19.4 Å². The van der Waals surface area contributed by atoms with E-state index in [0.717, 1.165) is 60.4 Å². The number of ether oxygens (including phenoxy) is 1. The highest BCUT2D eigenvalue weighted by atomic mass is 33.1. The summed E-state index contributed by atoms with van der Waals surface area (Å²) < 4.78 is 5.40. The number of methoxy groups -OCH3 is 1. The van der Waals surface area contributed by atoms with Crippen molar-refractivity contribution in [3.63, 3.8) is 0 Å². The van der Waals surface area contributed by atoms with Crippen molar-refractivity contribution in [2.45, 2.75) is 94.8 Å². The number of hydrogen-bond acceptors (Lipinski definition) is 10. The molecule has 8 nitrogen and oxygen atoms in total. The van der Waals surface area contributed by atoms with Gasteiger partial charge in [-0.05, 0) is 97.2 Å². The maximum absolute atomic E-state index is 12.9. The molecule has 4 aliphatic rings. The van der Waals surface area contributed by atoms with Gasteiger partial charge in [0.2, 0.25) is 0 Å². The van der Waals surface area contributed by atoms with Gasteiger partial charge in [0.25, 0.3) is 0 Å². The SMILES string of the molecule is CC[C@@H]1CCC(=O)CC(=O)/C=C/c2cc(OC)c(O)cc2Cc2cnc(N)c(c2)[C@H]([C@@]2(N3C=CNC3)CCC3(CCCC3)C2)SSC1. The first-order valence-electron chi connectivity index (χ1n) is 17.1. The Bertz CT molecular complexity index is 1540. The number of fused-ring (bicyclic) bond motifs is 3. The third-order valence-electron chi connectivity index (χ3n) is 10.9. The van der Waals surface area contributed by atoms with E-state index in [2.05, 4.69) is 35.6 Å². The number of aromatic hydroxyl groups is 1. The number of nitrogens with zero attached hydrogens (tertiary/aromatic N) is 2. The molecule has 252 valence electrons. The minimum Gasteiger partial charge on any atom is -0.504 e. The Morgan fingerprint density at radius 2 is 1.96 bits per heavy atom. The smallest absolute Gasteiger partial charge is 0.163 e. The minimum absolute atomic E-state index is 0.0211. The fraction of sp³-hybridized carbons (Fsp3) is 0.541. The van der Waals surface area contributed by atoms with Crippen molar-refractivity contribution >= 4 is 45.0 Å². The number of nitrogens with one attached hydrogen (secondary N) is 1. The summed E-state index contributed by atoms with van der Waals surface area (Å²) in [5, 5.41) is 14.3. The van der Waals surface area contributed by atoms with Crippen LogP contribution in [0.5, 0.6) is 11.5 Å². The highest BCUT2D eigenvalue weighted by Gasteiger charge is 2.56. The predicted octanol–water partition coefficient (Wildman–Crippen LogP) is 7.57. The van der Waals surface area contributed by atoms with Gasteiger partial charge in [-0.1, -0.05) is 53.9 Å². The van der Waals surface area contributed by atoms with Crippen molar-refractivity contribution in [1.82, 2.24) is 15.2 Å². The normalized spacial score (nSPS) is 27.3. The van der Waals surface area contributed by atoms with Gasteiger partial charge >= 0.3 is 0 Å². The van der Waals surface area contributed by atoms with Crippen molar-refractivity contribution in [3.8, 4) is 11.5 Å². The van der Waals surface area contributed by atoms with Crippen LogP contribution in [-0.2, 0) is 16.0 Å². The Morgan fingerprint density at radius 1 is 1.13 bits per heavy atom. The molecule has 2 aromatic rings. The molecule has 0 unspecified atom stereocenters. The lowest BCUT2D eigenvalue weighted by Gasteiger charge is -2.46. The first kappa shape index (κ1) is 33.8. The molecule has 2 aliphatic heterocycles. The third-order valence-corrected chi connectivity index (χ3v) is 14.0. The number of phenolic OH excluding ortho intramolecular Hbond substituents is 1. The van der Waals surface area contributed by atoms with E-state index in [0.29, 0.717) is 35.7 Å². The molecule has 2 bridgehead atoms. The zero-order valence-electron chi connectivity index (χ0n) is 27.6. The van der Waals surface area contributed by atoms with Gasteiger partial charge in [-0.15, -0.1) is 0 Å². The van der Waals surface area contributed by atoms with Crippen molar-refractivity contribution in [1.29, 1.82) is 0 Å². The summed E-state index contributed by atoms with van der Waals surface area (Å²) in [6, 6.07) is 5.66. The average molecular weight is 677 g/mol. The molecule has 1 spiro atoms. The van der Waals surface area contributed by atoms with Gasteiger partial charge in [-0.2, -0.15) is 0 Å². The standard InChI is InChI=1S/C37H48N4O4S2/c1-3-25-6-8-29(42)20-30(43)9-7-27-19-33(45-2)32(44)18-28(27)16-26-17-31(35(38)40-21-26)34(47-46-22-25)37(41-15-14-39-24-41)13-12-36(23-37)10-4-5-11-36/h7,9,14-15,17-19,21,25,34,39,44H,3-6,8,10-13,16,20,22-24H2,1-2H3,(H2,38,40)/b9-7+/t25-,34-,37-/m1/s1. The number of nitrogens with two attached hydrogens (primary N) is 1. The molecule has 2 fully saturated rings. The van der Waals surface area contributed by atoms with Crippen LogP contribution in [0.4, 0.5) is 5.82 Å². The molecule has 3 heterocycles. The molecule has 3 atom stereocenters. The topological polar surface area (TPSA) is 118 Å². The molecule has 0 amide bonds. The first-order valence-corrected chi connectivity index (χ1v) is 19.4. The zero-order valence-corrected chi connectivity index (χ0v) is 29.3. The molecule has 4 N–H and O–H groups in total. The second-order valence-corrected chi connectivity index (χ2v) is 16.5. The summed E-state index contributed by atoms with van der Waals surface area (Å²) >= 11 is 0. The summed E-state index contributed by atoms with van der Waals surface area (Å²) in [5.74, 6) is 1.98. The second kappa shape index (κ2) is 14.6. The Morgan fingerprint density at radius 3 is 2.70 bits per heavy atom. The van der Waals surface area contributed by atoms with Crippen LogP contribution in [0.25, 0.3) is 6.08 Å². The third kappa shape index (κ3) is 7.33. The van der Waals surface area contributed by atoms with Gasteiger partial charge in [-0.3, -0.25) is 9.59 Å².